The fraction of sp³-hybridized carbons (Fsp3) is 1.00. The van der Waals surface area contributed by atoms with Gasteiger partial charge in [0.1, 0.15) is 0 Å². The lowest BCUT2D eigenvalue weighted by Gasteiger charge is -2.52. The number of rotatable bonds is 4. The molecular weight excluding hydrogens is 212 g/mol. The molecular formula is C14H28N2O. The molecule has 1 atom stereocenters. The van der Waals surface area contributed by atoms with Crippen molar-refractivity contribution in [3.63, 3.8) is 0 Å². The molecule has 0 amide bonds. The summed E-state index contributed by atoms with van der Waals surface area (Å²) in [5.41, 5.74) is 0.731. The molecule has 3 nitrogen and oxygen atoms in total. The minimum atomic E-state index is 0.293. The highest BCUT2D eigenvalue weighted by atomic mass is 16.5. The van der Waals surface area contributed by atoms with Crippen LogP contribution in [0.4, 0.5) is 0 Å². The zero-order valence-corrected chi connectivity index (χ0v) is 11.7. The third-order valence-electron chi connectivity index (χ3n) is 4.93. The van der Waals surface area contributed by atoms with E-state index in [1.165, 1.54) is 45.2 Å². The predicted octanol–water partition coefficient (Wildman–Crippen LogP) is 2.02. The van der Waals surface area contributed by atoms with Gasteiger partial charge in [-0.2, -0.15) is 0 Å². The predicted molar refractivity (Wildman–Crippen MR) is 71.3 cm³/mol. The number of methoxy groups -OCH3 is 1. The Kier molecular flexibility index (Phi) is 4.11. The molecule has 3 heteroatoms. The molecule has 1 N–H and O–H groups in total. The van der Waals surface area contributed by atoms with Crippen LogP contribution in [0, 0.1) is 0 Å². The molecule has 0 radical (unpaired) electrons. The lowest BCUT2D eigenvalue weighted by molar-refractivity contribution is -0.00380. The number of piperazine rings is 1. The average molecular weight is 240 g/mol. The van der Waals surface area contributed by atoms with E-state index in [1.54, 1.807) is 0 Å². The van der Waals surface area contributed by atoms with Gasteiger partial charge >= 0.3 is 0 Å². The second kappa shape index (κ2) is 5.25. The molecule has 17 heavy (non-hydrogen) atoms. The second-order valence-corrected chi connectivity index (χ2v) is 6.11. The Morgan fingerprint density at radius 2 is 2.00 bits per heavy atom. The Morgan fingerprint density at radius 1 is 1.29 bits per heavy atom. The topological polar surface area (TPSA) is 24.5 Å². The zero-order chi connectivity index (χ0) is 12.4. The zero-order valence-electron chi connectivity index (χ0n) is 11.7. The molecule has 1 heterocycles. The van der Waals surface area contributed by atoms with Gasteiger partial charge in [0.15, 0.2) is 0 Å². The van der Waals surface area contributed by atoms with Crippen LogP contribution in [0.25, 0.3) is 0 Å². The molecule has 100 valence electrons. The van der Waals surface area contributed by atoms with Crippen LogP contribution in [-0.2, 0) is 4.74 Å². The maximum atomic E-state index is 5.29. The monoisotopic (exact) mass is 240 g/mol. The van der Waals surface area contributed by atoms with E-state index in [9.17, 15) is 0 Å². The van der Waals surface area contributed by atoms with E-state index < -0.39 is 0 Å². The molecule has 2 rings (SSSR count). The highest BCUT2D eigenvalue weighted by Crippen LogP contribution is 2.38. The third kappa shape index (κ3) is 2.67. The Morgan fingerprint density at radius 3 is 2.59 bits per heavy atom. The molecule has 0 aromatic rings. The van der Waals surface area contributed by atoms with Gasteiger partial charge in [-0.3, -0.25) is 4.90 Å². The molecule has 0 bridgehead atoms. The summed E-state index contributed by atoms with van der Waals surface area (Å²) in [6.07, 6.45) is 6.72. The maximum Gasteiger partial charge on any atom is 0.0589 e. The lowest BCUT2D eigenvalue weighted by atomic mass is 9.85. The van der Waals surface area contributed by atoms with Crippen molar-refractivity contribution in [2.45, 2.75) is 57.0 Å². The number of ether oxygens (including phenoxy) is 1. The summed E-state index contributed by atoms with van der Waals surface area (Å²) >= 11 is 0. The fourth-order valence-electron chi connectivity index (χ4n) is 3.42. The largest absolute Gasteiger partial charge is 0.383 e. The summed E-state index contributed by atoms with van der Waals surface area (Å²) in [6, 6.07) is 0. The van der Waals surface area contributed by atoms with Gasteiger partial charge in [0.2, 0.25) is 0 Å². The van der Waals surface area contributed by atoms with E-state index in [2.05, 4.69) is 24.1 Å². The van der Waals surface area contributed by atoms with Crippen molar-refractivity contribution in [2.24, 2.45) is 0 Å². The van der Waals surface area contributed by atoms with Gasteiger partial charge < -0.3 is 10.1 Å². The number of hydrogen-bond donors (Lipinski definition) is 1. The van der Waals surface area contributed by atoms with Gasteiger partial charge in [-0.25, -0.2) is 0 Å². The van der Waals surface area contributed by atoms with Crippen LogP contribution < -0.4 is 5.32 Å². The average Bonchev–Trinajstić information content (AvgIpc) is 2.81. The van der Waals surface area contributed by atoms with Gasteiger partial charge in [0, 0.05) is 37.8 Å². The molecule has 1 aliphatic carbocycles. The second-order valence-electron chi connectivity index (χ2n) is 6.11. The lowest BCUT2D eigenvalue weighted by Crippen LogP contribution is -2.68. The highest BCUT2D eigenvalue weighted by molar-refractivity contribution is 5.05. The Labute approximate surface area is 106 Å². The first-order valence-electron chi connectivity index (χ1n) is 7.13. The van der Waals surface area contributed by atoms with E-state index in [0.717, 1.165) is 13.2 Å². The van der Waals surface area contributed by atoms with Crippen molar-refractivity contribution in [3.8, 4) is 0 Å². The molecule has 1 spiro atoms. The third-order valence-corrected chi connectivity index (χ3v) is 4.93. The quantitative estimate of drug-likeness (QED) is 0.813. The van der Waals surface area contributed by atoms with Crippen LogP contribution in [0.15, 0.2) is 0 Å². The normalized spacial score (nSPS) is 33.4. The van der Waals surface area contributed by atoms with E-state index in [1.807, 2.05) is 7.11 Å². The summed E-state index contributed by atoms with van der Waals surface area (Å²) in [5.74, 6) is 0. The number of hydrogen-bond acceptors (Lipinski definition) is 3. The molecule has 2 fully saturated rings. The van der Waals surface area contributed by atoms with Crippen LogP contribution in [-0.4, -0.2) is 49.3 Å². The van der Waals surface area contributed by atoms with Gasteiger partial charge in [0.05, 0.1) is 6.61 Å². The van der Waals surface area contributed by atoms with Gasteiger partial charge in [-0.05, 0) is 26.2 Å². The van der Waals surface area contributed by atoms with Crippen molar-refractivity contribution in [3.05, 3.63) is 0 Å². The standard InChI is InChI=1S/C14H28N2O/c1-4-13(2)12-16(9-10-17-3)14(11-15-13)7-5-6-8-14/h15H,4-12H2,1-3H3. The smallest absolute Gasteiger partial charge is 0.0589 e. The number of nitrogens with one attached hydrogen (secondary N) is 1. The van der Waals surface area contributed by atoms with Gasteiger partial charge in [-0.1, -0.05) is 19.8 Å². The SMILES string of the molecule is CCC1(C)CN(CCOC)C2(CCCC2)CN1. The van der Waals surface area contributed by atoms with Crippen LogP contribution in [0.5, 0.6) is 0 Å². The first kappa shape index (κ1) is 13.3. The molecule has 1 unspecified atom stereocenters. The fourth-order valence-corrected chi connectivity index (χ4v) is 3.42. The van der Waals surface area contributed by atoms with E-state index in [4.69, 9.17) is 4.74 Å². The molecule has 1 saturated carbocycles. The summed E-state index contributed by atoms with van der Waals surface area (Å²) in [6.45, 7) is 8.94. The van der Waals surface area contributed by atoms with E-state index in [-0.39, 0.29) is 0 Å². The minimum Gasteiger partial charge on any atom is -0.383 e. The summed E-state index contributed by atoms with van der Waals surface area (Å²) in [5, 5.41) is 3.80. The van der Waals surface area contributed by atoms with Crippen LogP contribution in [0.3, 0.4) is 0 Å². The van der Waals surface area contributed by atoms with Crippen molar-refractivity contribution >= 4 is 0 Å². The summed E-state index contributed by atoms with van der Waals surface area (Å²) in [4.78, 5) is 2.71. The Balaban J connectivity index is 2.06. The minimum absolute atomic E-state index is 0.293. The molecule has 2 aliphatic rings. The van der Waals surface area contributed by atoms with E-state index >= 15 is 0 Å². The molecule has 0 aromatic carbocycles. The summed E-state index contributed by atoms with van der Waals surface area (Å²) < 4.78 is 5.29. The van der Waals surface area contributed by atoms with Gasteiger partial charge in [-0.15, -0.1) is 0 Å². The van der Waals surface area contributed by atoms with Crippen LogP contribution in [0.2, 0.25) is 0 Å². The van der Waals surface area contributed by atoms with E-state index in [0.29, 0.717) is 11.1 Å². The summed E-state index contributed by atoms with van der Waals surface area (Å²) in [7, 11) is 1.81. The van der Waals surface area contributed by atoms with Gasteiger partial charge in [0.25, 0.3) is 0 Å². The highest BCUT2D eigenvalue weighted by Gasteiger charge is 2.45. The Bertz CT molecular complexity index is 251. The Hall–Kier alpha value is -0.120. The van der Waals surface area contributed by atoms with Crippen molar-refractivity contribution in [2.75, 3.05) is 33.4 Å². The maximum absolute atomic E-state index is 5.29. The van der Waals surface area contributed by atoms with Crippen LogP contribution in [0.1, 0.15) is 46.0 Å². The number of nitrogens with zero attached hydrogens (tertiary/aromatic N) is 1. The first-order chi connectivity index (χ1) is 8.14. The first-order valence-corrected chi connectivity index (χ1v) is 7.13. The molecule has 1 aliphatic heterocycles. The molecule has 1 saturated heterocycles. The van der Waals surface area contributed by atoms with Crippen molar-refractivity contribution < 1.29 is 4.74 Å². The van der Waals surface area contributed by atoms with Crippen molar-refractivity contribution in [1.29, 1.82) is 0 Å². The van der Waals surface area contributed by atoms with Crippen LogP contribution >= 0.6 is 0 Å². The van der Waals surface area contributed by atoms with Crippen molar-refractivity contribution in [1.82, 2.24) is 10.2 Å². The molecule has 0 aromatic heterocycles.